The van der Waals surface area contributed by atoms with Crippen LogP contribution in [0, 0.1) is 5.92 Å². The molecule has 2 atom stereocenters. The van der Waals surface area contributed by atoms with Crippen LogP contribution < -0.4 is 20.3 Å². The van der Waals surface area contributed by atoms with Crippen molar-refractivity contribution in [2.24, 2.45) is 5.92 Å². The Morgan fingerprint density at radius 3 is 2.73 bits per heavy atom. The number of aromatic hydroxyl groups is 1. The van der Waals surface area contributed by atoms with Gasteiger partial charge in [-0.2, -0.15) is 0 Å². The number of ether oxygens (including phenoxy) is 3. The number of halogens is 2. The summed E-state index contributed by atoms with van der Waals surface area (Å²) in [6.45, 7) is 1.99. The third kappa shape index (κ3) is 6.62. The Labute approximate surface area is 206 Å². The normalized spacial score (nSPS) is 14.1. The number of phenols is 1. The number of hydrogen-bond acceptors (Lipinski definition) is 7. The summed E-state index contributed by atoms with van der Waals surface area (Å²) in [5.41, 5.74) is 2.41. The summed E-state index contributed by atoms with van der Waals surface area (Å²) in [6.07, 6.45) is 2.31. The van der Waals surface area contributed by atoms with Gasteiger partial charge in [-0.15, -0.1) is 0 Å². The van der Waals surface area contributed by atoms with E-state index in [-0.39, 0.29) is 18.5 Å². The summed E-state index contributed by atoms with van der Waals surface area (Å²) in [6, 6.07) is 8.35. The lowest BCUT2D eigenvalue weighted by Gasteiger charge is -2.26. The number of carbonyl (C=O) groups is 2. The van der Waals surface area contributed by atoms with E-state index in [9.17, 15) is 14.7 Å². The number of amides is 2. The highest BCUT2D eigenvalue weighted by Gasteiger charge is 2.28. The summed E-state index contributed by atoms with van der Waals surface area (Å²) >= 11 is 6.71. The number of hydroxylamine groups is 1. The summed E-state index contributed by atoms with van der Waals surface area (Å²) in [5.74, 6) is 0.201. The van der Waals surface area contributed by atoms with Crippen molar-refractivity contribution in [3.05, 3.63) is 57.0 Å². The lowest BCUT2D eigenvalue weighted by Crippen LogP contribution is -2.22. The Bertz CT molecular complexity index is 1060. The molecule has 0 saturated carbocycles. The van der Waals surface area contributed by atoms with E-state index in [2.05, 4.69) is 37.2 Å². The van der Waals surface area contributed by atoms with Crippen LogP contribution in [-0.4, -0.2) is 29.1 Å². The number of benzene rings is 2. The molecule has 1 heterocycles. The molecular weight excluding hydrogens is 564 g/mol. The van der Waals surface area contributed by atoms with Crippen LogP contribution in [0.2, 0.25) is 0 Å². The van der Waals surface area contributed by atoms with Crippen molar-refractivity contribution in [1.82, 2.24) is 5.48 Å². The van der Waals surface area contributed by atoms with Gasteiger partial charge in [0.15, 0.2) is 11.5 Å². The summed E-state index contributed by atoms with van der Waals surface area (Å²) in [7, 11) is 0. The molecule has 2 amide bonds. The van der Waals surface area contributed by atoms with Crippen molar-refractivity contribution in [1.29, 1.82) is 0 Å². The van der Waals surface area contributed by atoms with Gasteiger partial charge in [0.05, 0.1) is 4.47 Å². The van der Waals surface area contributed by atoms with Crippen LogP contribution >= 0.6 is 31.9 Å². The molecule has 2 aromatic rings. The maximum atomic E-state index is 12.7. The molecular formula is C22H22Br2N2O7. The van der Waals surface area contributed by atoms with Crippen molar-refractivity contribution in [3.63, 3.8) is 0 Å². The molecule has 0 saturated heterocycles. The first-order valence-corrected chi connectivity index (χ1v) is 11.5. The highest BCUT2D eigenvalue weighted by molar-refractivity contribution is 9.11. The van der Waals surface area contributed by atoms with Crippen LogP contribution in [0.1, 0.15) is 31.4 Å². The predicted molar refractivity (Wildman–Crippen MR) is 126 cm³/mol. The number of rotatable bonds is 8. The van der Waals surface area contributed by atoms with Gasteiger partial charge in [0.1, 0.15) is 11.9 Å². The predicted octanol–water partition coefficient (Wildman–Crippen LogP) is 5.41. The number of fused-ring (bicyclic) bond motifs is 1. The second-order valence-corrected chi connectivity index (χ2v) is 9.05. The Balaban J connectivity index is 1.77. The fourth-order valence-electron chi connectivity index (χ4n) is 3.26. The Hall–Kier alpha value is -2.76. The zero-order valence-electron chi connectivity index (χ0n) is 17.5. The molecule has 176 valence electrons. The molecule has 0 spiro atoms. The van der Waals surface area contributed by atoms with Gasteiger partial charge in [-0.3, -0.25) is 15.3 Å². The fraction of sp³-hybridized carbons (Fsp3) is 0.273. The van der Waals surface area contributed by atoms with Crippen molar-refractivity contribution >= 4 is 49.5 Å². The molecule has 2 aromatic carbocycles. The lowest BCUT2D eigenvalue weighted by atomic mass is 9.92. The van der Waals surface area contributed by atoms with E-state index in [4.69, 9.17) is 19.4 Å². The average Bonchev–Trinajstić information content (AvgIpc) is 3.25. The van der Waals surface area contributed by atoms with E-state index in [0.717, 1.165) is 0 Å². The molecule has 33 heavy (non-hydrogen) atoms. The highest BCUT2D eigenvalue weighted by Crippen LogP contribution is 2.41. The minimum atomic E-state index is -0.798. The molecule has 0 aromatic heterocycles. The number of phenolic OH excluding ortho intramolecular Hbond substituents is 1. The topological polar surface area (TPSA) is 126 Å². The zero-order valence-corrected chi connectivity index (χ0v) is 20.7. The summed E-state index contributed by atoms with van der Waals surface area (Å²) < 4.78 is 17.5. The second kappa shape index (κ2) is 11.4. The Morgan fingerprint density at radius 1 is 1.21 bits per heavy atom. The van der Waals surface area contributed by atoms with E-state index in [1.54, 1.807) is 36.4 Å². The van der Waals surface area contributed by atoms with E-state index < -0.39 is 18.1 Å². The van der Waals surface area contributed by atoms with Crippen LogP contribution in [0.25, 0.3) is 0 Å². The van der Waals surface area contributed by atoms with Crippen molar-refractivity contribution in [2.45, 2.75) is 25.9 Å². The quantitative estimate of drug-likeness (QED) is 0.185. The molecule has 3 rings (SSSR count). The number of hydrogen-bond donors (Lipinski definition) is 4. The van der Waals surface area contributed by atoms with Gasteiger partial charge in [0.2, 0.25) is 6.79 Å². The highest BCUT2D eigenvalue weighted by atomic mass is 79.9. The van der Waals surface area contributed by atoms with E-state index >= 15 is 0 Å². The van der Waals surface area contributed by atoms with Crippen LogP contribution in [0.15, 0.2) is 51.4 Å². The fourth-order valence-corrected chi connectivity index (χ4v) is 4.52. The molecule has 1 aliphatic rings. The molecule has 9 nitrogen and oxygen atoms in total. The van der Waals surface area contributed by atoms with E-state index in [0.29, 0.717) is 44.5 Å². The number of anilines is 1. The molecule has 0 fully saturated rings. The minimum absolute atomic E-state index is 0.0406. The van der Waals surface area contributed by atoms with Crippen LogP contribution in [0.4, 0.5) is 10.5 Å². The first kappa shape index (κ1) is 24.9. The third-order valence-corrected chi connectivity index (χ3v) is 5.96. The van der Waals surface area contributed by atoms with Gasteiger partial charge in [-0.1, -0.05) is 28.9 Å². The molecule has 0 unspecified atom stereocenters. The SMILES string of the molecule is C[C@@H](CC/C=C/C(=O)NO)[C@H](OC(=O)Nc1ccc2c(c1)OCO2)c1cc(Br)cc(Br)c1O. The smallest absolute Gasteiger partial charge is 0.412 e. The van der Waals surface area contributed by atoms with Crippen molar-refractivity contribution in [3.8, 4) is 17.2 Å². The standard InChI is InChI=1S/C22H22Br2N2O7/c1-12(4-2-3-5-19(27)26-30)21(15-8-13(23)9-16(24)20(15)28)33-22(29)25-14-6-7-17-18(10-14)32-11-31-17/h3,5-10,12,21,28,30H,2,4,11H2,1H3,(H,25,29)(H,26,27)/b5-3+/t12-,21-/m0/s1. The summed E-state index contributed by atoms with van der Waals surface area (Å²) in [5, 5.41) is 21.9. The van der Waals surface area contributed by atoms with Crippen LogP contribution in [0.3, 0.4) is 0 Å². The molecule has 0 bridgehead atoms. The number of nitrogens with one attached hydrogen (secondary N) is 2. The van der Waals surface area contributed by atoms with Gasteiger partial charge in [0, 0.05) is 27.9 Å². The van der Waals surface area contributed by atoms with Gasteiger partial charge in [-0.05, 0) is 59.0 Å². The maximum absolute atomic E-state index is 12.7. The van der Waals surface area contributed by atoms with Gasteiger partial charge < -0.3 is 19.3 Å². The number of carbonyl (C=O) groups excluding carboxylic acids is 2. The molecule has 11 heteroatoms. The van der Waals surface area contributed by atoms with Crippen molar-refractivity contribution in [2.75, 3.05) is 12.1 Å². The van der Waals surface area contributed by atoms with Gasteiger partial charge in [0.25, 0.3) is 5.91 Å². The van der Waals surface area contributed by atoms with Crippen LogP contribution in [-0.2, 0) is 9.53 Å². The minimum Gasteiger partial charge on any atom is -0.506 e. The first-order chi connectivity index (χ1) is 15.8. The van der Waals surface area contributed by atoms with Gasteiger partial charge >= 0.3 is 6.09 Å². The first-order valence-electron chi connectivity index (χ1n) is 9.94. The van der Waals surface area contributed by atoms with Crippen LogP contribution in [0.5, 0.6) is 17.2 Å². The molecule has 0 aliphatic carbocycles. The van der Waals surface area contributed by atoms with Crippen molar-refractivity contribution < 1.29 is 34.1 Å². The summed E-state index contributed by atoms with van der Waals surface area (Å²) in [4.78, 5) is 23.9. The third-order valence-electron chi connectivity index (χ3n) is 4.90. The molecule has 4 N–H and O–H groups in total. The Kier molecular flexibility index (Phi) is 8.59. The largest absolute Gasteiger partial charge is 0.506 e. The Morgan fingerprint density at radius 2 is 1.97 bits per heavy atom. The molecule has 1 aliphatic heterocycles. The van der Waals surface area contributed by atoms with Gasteiger partial charge in [-0.25, -0.2) is 10.3 Å². The zero-order chi connectivity index (χ0) is 24.0. The average molecular weight is 586 g/mol. The van der Waals surface area contributed by atoms with E-state index in [1.165, 1.54) is 11.6 Å². The number of allylic oxidation sites excluding steroid dienone is 1. The second-order valence-electron chi connectivity index (χ2n) is 7.28. The monoisotopic (exact) mass is 584 g/mol. The van der Waals surface area contributed by atoms with E-state index in [1.807, 2.05) is 6.92 Å². The maximum Gasteiger partial charge on any atom is 0.412 e. The lowest BCUT2D eigenvalue weighted by molar-refractivity contribution is -0.124. The molecule has 0 radical (unpaired) electrons.